The summed E-state index contributed by atoms with van der Waals surface area (Å²) < 4.78 is 15.4. The zero-order valence-corrected chi connectivity index (χ0v) is 12.4. The first-order valence-corrected chi connectivity index (χ1v) is 6.75. The van der Waals surface area contributed by atoms with E-state index in [4.69, 9.17) is 14.2 Å². The largest absolute Gasteiger partial charge is 0.594 e. The van der Waals surface area contributed by atoms with E-state index < -0.39 is 35.6 Å². The molecule has 2 fully saturated rings. The van der Waals surface area contributed by atoms with Gasteiger partial charge in [-0.05, 0) is 18.7 Å². The molecule has 0 N–H and O–H groups in total. The SMILES string of the molecule is CC1(C)OCC([N+](=O)[O-])(/[N+]([O-])=N/C(=O)N2CCOCC2)CO1. The lowest BCUT2D eigenvalue weighted by molar-refractivity contribution is -0.825. The summed E-state index contributed by atoms with van der Waals surface area (Å²) in [6.07, 6.45) is 0. The molecule has 0 aromatic carbocycles. The summed E-state index contributed by atoms with van der Waals surface area (Å²) >= 11 is 0. The average molecular weight is 318 g/mol. The highest BCUT2D eigenvalue weighted by atomic mass is 16.7. The van der Waals surface area contributed by atoms with Gasteiger partial charge >= 0.3 is 11.7 Å². The zero-order chi connectivity index (χ0) is 16.4. The van der Waals surface area contributed by atoms with E-state index >= 15 is 0 Å². The van der Waals surface area contributed by atoms with Crippen LogP contribution in [0.3, 0.4) is 0 Å². The fourth-order valence-corrected chi connectivity index (χ4v) is 1.94. The molecule has 0 aromatic heterocycles. The van der Waals surface area contributed by atoms with Crippen molar-refractivity contribution >= 4 is 6.03 Å². The van der Waals surface area contributed by atoms with Gasteiger partial charge in [-0.25, -0.2) is 4.79 Å². The van der Waals surface area contributed by atoms with Crippen molar-refractivity contribution in [2.75, 3.05) is 39.5 Å². The first-order chi connectivity index (χ1) is 10.3. The minimum Gasteiger partial charge on any atom is -0.594 e. The lowest BCUT2D eigenvalue weighted by Gasteiger charge is -2.34. The van der Waals surface area contributed by atoms with Gasteiger partial charge in [-0.2, -0.15) is 0 Å². The second kappa shape index (κ2) is 6.10. The molecule has 2 aliphatic rings. The number of urea groups is 1. The van der Waals surface area contributed by atoms with Crippen LogP contribution >= 0.6 is 0 Å². The number of hydroxylamine groups is 1. The Morgan fingerprint density at radius 2 is 1.73 bits per heavy atom. The fourth-order valence-electron chi connectivity index (χ4n) is 1.94. The standard InChI is InChI=1S/C11H18N4O7/c1-10(2)21-7-11(8-22-10,15(18)19)14(17)12-9(16)13-3-5-20-6-4-13/h3-8H2,1-2H3/b14-12-. The number of carbonyl (C=O) groups excluding carboxylic acids is 1. The highest BCUT2D eigenvalue weighted by Gasteiger charge is 2.60. The van der Waals surface area contributed by atoms with Crippen molar-refractivity contribution in [1.82, 2.24) is 4.90 Å². The van der Waals surface area contributed by atoms with E-state index in [0.717, 1.165) is 0 Å². The third-order valence-electron chi connectivity index (χ3n) is 3.46. The Morgan fingerprint density at radius 3 is 2.23 bits per heavy atom. The Hall–Kier alpha value is -1.85. The van der Waals surface area contributed by atoms with Crippen molar-refractivity contribution in [3.05, 3.63) is 15.3 Å². The van der Waals surface area contributed by atoms with Gasteiger partial charge in [-0.15, -0.1) is 0 Å². The smallest absolute Gasteiger partial charge is 0.484 e. The van der Waals surface area contributed by atoms with E-state index in [1.165, 1.54) is 4.90 Å². The number of nitro groups is 1. The predicted molar refractivity (Wildman–Crippen MR) is 69.6 cm³/mol. The van der Waals surface area contributed by atoms with Gasteiger partial charge in [0.15, 0.2) is 19.0 Å². The van der Waals surface area contributed by atoms with Gasteiger partial charge in [-0.1, -0.05) is 0 Å². The molecule has 11 heteroatoms. The maximum atomic E-state index is 12.1. The van der Waals surface area contributed by atoms with Crippen LogP contribution in [0.1, 0.15) is 13.8 Å². The predicted octanol–water partition coefficient (Wildman–Crippen LogP) is 0.157. The fraction of sp³-hybridized carbons (Fsp3) is 0.909. The molecule has 0 atom stereocenters. The Bertz CT molecular complexity index is 477. The summed E-state index contributed by atoms with van der Waals surface area (Å²) in [4.78, 5) is 23.4. The van der Waals surface area contributed by atoms with Crippen LogP contribution in [0.25, 0.3) is 0 Å². The molecule has 0 aromatic rings. The monoisotopic (exact) mass is 318 g/mol. The van der Waals surface area contributed by atoms with Crippen LogP contribution in [0.5, 0.6) is 0 Å². The molecule has 0 aliphatic carbocycles. The summed E-state index contributed by atoms with van der Waals surface area (Å²) in [5, 5.41) is 26.7. The van der Waals surface area contributed by atoms with Crippen LogP contribution in [0.4, 0.5) is 4.79 Å². The number of carbonyl (C=O) groups is 1. The van der Waals surface area contributed by atoms with E-state index in [9.17, 15) is 20.1 Å². The van der Waals surface area contributed by atoms with Crippen LogP contribution in [-0.4, -0.2) is 71.7 Å². The Labute approximate surface area is 126 Å². The van der Waals surface area contributed by atoms with Crippen LogP contribution in [0.2, 0.25) is 0 Å². The van der Waals surface area contributed by atoms with Crippen molar-refractivity contribution in [1.29, 1.82) is 0 Å². The number of amides is 2. The molecule has 2 amide bonds. The third kappa shape index (κ3) is 3.31. The summed E-state index contributed by atoms with van der Waals surface area (Å²) in [5.74, 6) is -1.03. The lowest BCUT2D eigenvalue weighted by Crippen LogP contribution is -2.61. The number of morpholine rings is 1. The van der Waals surface area contributed by atoms with E-state index in [1.54, 1.807) is 13.8 Å². The molecule has 0 radical (unpaired) electrons. The summed E-state index contributed by atoms with van der Waals surface area (Å²) in [6, 6.07) is -0.843. The second-order valence-electron chi connectivity index (χ2n) is 5.47. The minimum atomic E-state index is -2.27. The molecule has 0 bridgehead atoms. The quantitative estimate of drug-likeness (QED) is 0.233. The molecule has 2 aliphatic heterocycles. The number of hydrogen-bond donors (Lipinski definition) is 0. The summed E-state index contributed by atoms with van der Waals surface area (Å²) in [7, 11) is 0. The van der Waals surface area contributed by atoms with Gasteiger partial charge in [0.25, 0.3) is 0 Å². The first kappa shape index (κ1) is 16.5. The molecule has 2 saturated heterocycles. The van der Waals surface area contributed by atoms with Crippen molar-refractivity contribution in [2.45, 2.75) is 25.3 Å². The molecule has 124 valence electrons. The zero-order valence-electron chi connectivity index (χ0n) is 12.4. The highest BCUT2D eigenvalue weighted by molar-refractivity contribution is 5.74. The van der Waals surface area contributed by atoms with Crippen molar-refractivity contribution in [3.8, 4) is 0 Å². The first-order valence-electron chi connectivity index (χ1n) is 6.75. The van der Waals surface area contributed by atoms with Gasteiger partial charge in [0, 0.05) is 13.1 Å². The molecule has 11 nitrogen and oxygen atoms in total. The van der Waals surface area contributed by atoms with Crippen molar-refractivity contribution < 1.29 is 28.8 Å². The van der Waals surface area contributed by atoms with Crippen LogP contribution in [-0.2, 0) is 14.2 Å². The maximum absolute atomic E-state index is 12.1. The van der Waals surface area contributed by atoms with E-state index in [0.29, 0.717) is 13.2 Å². The number of rotatable bonds is 2. The van der Waals surface area contributed by atoms with Gasteiger partial charge in [0.1, 0.15) is 4.92 Å². The number of ether oxygens (including phenoxy) is 3. The molecule has 0 spiro atoms. The van der Waals surface area contributed by atoms with Gasteiger partial charge in [-0.3, -0.25) is 10.1 Å². The Kier molecular flexibility index (Phi) is 4.58. The van der Waals surface area contributed by atoms with Crippen molar-refractivity contribution in [2.24, 2.45) is 5.11 Å². The topological polar surface area (TPSA) is 130 Å². The molecule has 0 unspecified atom stereocenters. The second-order valence-corrected chi connectivity index (χ2v) is 5.47. The van der Waals surface area contributed by atoms with Crippen LogP contribution < -0.4 is 0 Å². The lowest BCUT2D eigenvalue weighted by atomic mass is 10.2. The van der Waals surface area contributed by atoms with Gasteiger partial charge in [0.05, 0.1) is 18.3 Å². The molecule has 0 saturated carbocycles. The highest BCUT2D eigenvalue weighted by Crippen LogP contribution is 2.26. The van der Waals surface area contributed by atoms with Gasteiger partial charge < -0.3 is 24.3 Å². The molecule has 22 heavy (non-hydrogen) atoms. The van der Waals surface area contributed by atoms with E-state index in [1.807, 2.05) is 0 Å². The van der Waals surface area contributed by atoms with Gasteiger partial charge in [0.2, 0.25) is 0 Å². The Morgan fingerprint density at radius 1 is 1.18 bits per heavy atom. The number of hydrogen-bond acceptors (Lipinski definition) is 7. The molecular formula is C11H18N4O7. The van der Waals surface area contributed by atoms with E-state index in [-0.39, 0.29) is 18.0 Å². The van der Waals surface area contributed by atoms with E-state index in [2.05, 4.69) is 5.11 Å². The normalized spacial score (nSPS) is 24.8. The summed E-state index contributed by atoms with van der Waals surface area (Å²) in [6.45, 7) is 3.31. The van der Waals surface area contributed by atoms with Crippen LogP contribution in [0, 0.1) is 15.3 Å². The molecular weight excluding hydrogens is 300 g/mol. The number of nitrogens with zero attached hydrogens (tertiary/aromatic N) is 4. The van der Waals surface area contributed by atoms with Crippen molar-refractivity contribution in [3.63, 3.8) is 0 Å². The minimum absolute atomic E-state index is 0.222. The summed E-state index contributed by atoms with van der Waals surface area (Å²) in [5.41, 5.74) is -2.27. The molecule has 2 heterocycles. The maximum Gasteiger partial charge on any atom is 0.484 e. The molecule has 2 rings (SSSR count). The number of azo groups is 1. The van der Waals surface area contributed by atoms with Crippen LogP contribution in [0.15, 0.2) is 5.11 Å². The average Bonchev–Trinajstić information content (AvgIpc) is 2.48. The Balaban J connectivity index is 2.16. The third-order valence-corrected chi connectivity index (χ3v) is 3.46.